The first-order valence-corrected chi connectivity index (χ1v) is 8.82. The molecule has 1 aliphatic carbocycles. The molecule has 0 aromatic heterocycles. The van der Waals surface area contributed by atoms with E-state index < -0.39 is 0 Å². The highest BCUT2D eigenvalue weighted by Crippen LogP contribution is 2.25. The van der Waals surface area contributed by atoms with Gasteiger partial charge in [-0.25, -0.2) is 0 Å². The molecule has 2 amide bonds. The zero-order chi connectivity index (χ0) is 17.1. The highest BCUT2D eigenvalue weighted by atomic mass is 16.3. The van der Waals surface area contributed by atoms with Gasteiger partial charge in [-0.1, -0.05) is 36.2 Å². The van der Waals surface area contributed by atoms with Gasteiger partial charge in [0.1, 0.15) is 0 Å². The Morgan fingerprint density at radius 1 is 1.29 bits per heavy atom. The zero-order valence-electron chi connectivity index (χ0n) is 14.2. The lowest BCUT2D eigenvalue weighted by atomic mass is 10.0. The van der Waals surface area contributed by atoms with Gasteiger partial charge in [-0.3, -0.25) is 9.59 Å². The number of carbonyl (C=O) groups excluding carboxylic acids is 2. The first-order valence-electron chi connectivity index (χ1n) is 8.82. The van der Waals surface area contributed by atoms with Gasteiger partial charge < -0.3 is 15.3 Å². The summed E-state index contributed by atoms with van der Waals surface area (Å²) in [7, 11) is 0. The summed E-state index contributed by atoms with van der Waals surface area (Å²) in [6.07, 6.45) is 2.80. The summed E-state index contributed by atoms with van der Waals surface area (Å²) in [6.45, 7) is 3.59. The summed E-state index contributed by atoms with van der Waals surface area (Å²) in [6, 6.07) is 8.12. The van der Waals surface area contributed by atoms with E-state index >= 15 is 0 Å². The maximum absolute atomic E-state index is 12.3. The van der Waals surface area contributed by atoms with Crippen molar-refractivity contribution in [1.29, 1.82) is 0 Å². The highest BCUT2D eigenvalue weighted by Gasteiger charge is 2.35. The lowest BCUT2D eigenvalue weighted by Crippen LogP contribution is -2.37. The molecule has 1 aromatic rings. The average molecular weight is 330 g/mol. The standard InChI is InChI=1S/C19H26N2O3/c1-13-5-7-14(8-6-13)11-21-12-16(9-18(21)23)19(24)20-10-15-3-2-4-17(15)22/h5-8,15-17,22H,2-4,9-12H2,1H3,(H,20,24). The van der Waals surface area contributed by atoms with E-state index in [0.717, 1.165) is 24.8 Å². The number of hydrogen-bond acceptors (Lipinski definition) is 3. The Morgan fingerprint density at radius 2 is 2.04 bits per heavy atom. The van der Waals surface area contributed by atoms with Crippen molar-refractivity contribution in [1.82, 2.24) is 10.2 Å². The fourth-order valence-corrected chi connectivity index (χ4v) is 3.65. The number of nitrogens with one attached hydrogen (secondary N) is 1. The molecule has 3 atom stereocenters. The smallest absolute Gasteiger partial charge is 0.225 e. The van der Waals surface area contributed by atoms with Gasteiger partial charge >= 0.3 is 0 Å². The fourth-order valence-electron chi connectivity index (χ4n) is 3.65. The lowest BCUT2D eigenvalue weighted by molar-refractivity contribution is -0.129. The van der Waals surface area contributed by atoms with Crippen LogP contribution in [0.25, 0.3) is 0 Å². The second-order valence-electron chi connectivity index (χ2n) is 7.16. The highest BCUT2D eigenvalue weighted by molar-refractivity contribution is 5.89. The third-order valence-electron chi connectivity index (χ3n) is 5.24. The molecule has 0 spiro atoms. The predicted molar refractivity (Wildman–Crippen MR) is 91.1 cm³/mol. The van der Waals surface area contributed by atoms with Crippen LogP contribution in [0.4, 0.5) is 0 Å². The summed E-state index contributed by atoms with van der Waals surface area (Å²) >= 11 is 0. The van der Waals surface area contributed by atoms with Crippen LogP contribution in [-0.2, 0) is 16.1 Å². The SMILES string of the molecule is Cc1ccc(CN2CC(C(=O)NCC3CCCC3O)CC2=O)cc1. The van der Waals surface area contributed by atoms with Crippen molar-refractivity contribution in [2.75, 3.05) is 13.1 Å². The van der Waals surface area contributed by atoms with Crippen molar-refractivity contribution < 1.29 is 14.7 Å². The maximum Gasteiger partial charge on any atom is 0.225 e. The molecule has 24 heavy (non-hydrogen) atoms. The molecule has 1 aliphatic heterocycles. The molecule has 3 unspecified atom stereocenters. The molecule has 1 saturated heterocycles. The number of hydrogen-bond donors (Lipinski definition) is 2. The summed E-state index contributed by atoms with van der Waals surface area (Å²) < 4.78 is 0. The van der Waals surface area contributed by atoms with E-state index in [9.17, 15) is 14.7 Å². The topological polar surface area (TPSA) is 69.6 Å². The van der Waals surface area contributed by atoms with Crippen molar-refractivity contribution in [3.8, 4) is 0 Å². The van der Waals surface area contributed by atoms with Crippen LogP contribution in [0.2, 0.25) is 0 Å². The summed E-state index contributed by atoms with van der Waals surface area (Å²) in [5.74, 6) is -0.137. The number of nitrogens with zero attached hydrogens (tertiary/aromatic N) is 1. The molecule has 3 rings (SSSR count). The van der Waals surface area contributed by atoms with Crippen molar-refractivity contribution in [3.05, 3.63) is 35.4 Å². The summed E-state index contributed by atoms with van der Waals surface area (Å²) in [5, 5.41) is 12.8. The Balaban J connectivity index is 1.50. The largest absolute Gasteiger partial charge is 0.393 e. The predicted octanol–water partition coefficient (Wildman–Crippen LogP) is 1.62. The normalized spacial score (nSPS) is 26.8. The molecular weight excluding hydrogens is 304 g/mol. The molecule has 0 radical (unpaired) electrons. The van der Waals surface area contributed by atoms with E-state index in [1.54, 1.807) is 4.90 Å². The van der Waals surface area contributed by atoms with Crippen LogP contribution in [-0.4, -0.2) is 41.0 Å². The minimum atomic E-state index is -0.298. The molecule has 0 bridgehead atoms. The van der Waals surface area contributed by atoms with Gasteiger partial charge in [-0.2, -0.15) is 0 Å². The van der Waals surface area contributed by atoms with Crippen molar-refractivity contribution >= 4 is 11.8 Å². The van der Waals surface area contributed by atoms with Crippen LogP contribution in [0.3, 0.4) is 0 Å². The summed E-state index contributed by atoms with van der Waals surface area (Å²) in [5.41, 5.74) is 2.28. The van der Waals surface area contributed by atoms with Crippen LogP contribution in [0.1, 0.15) is 36.8 Å². The number of aliphatic hydroxyl groups is 1. The van der Waals surface area contributed by atoms with Gasteiger partial charge in [0.25, 0.3) is 0 Å². The van der Waals surface area contributed by atoms with Crippen molar-refractivity contribution in [3.63, 3.8) is 0 Å². The van der Waals surface area contributed by atoms with Gasteiger partial charge in [-0.15, -0.1) is 0 Å². The quantitative estimate of drug-likeness (QED) is 0.862. The second kappa shape index (κ2) is 7.34. The molecule has 5 heteroatoms. The number of carbonyl (C=O) groups is 2. The van der Waals surface area contributed by atoms with E-state index in [-0.39, 0.29) is 36.2 Å². The van der Waals surface area contributed by atoms with E-state index in [4.69, 9.17) is 0 Å². The fraction of sp³-hybridized carbons (Fsp3) is 0.579. The van der Waals surface area contributed by atoms with Crippen LogP contribution in [0.15, 0.2) is 24.3 Å². The summed E-state index contributed by atoms with van der Waals surface area (Å²) in [4.78, 5) is 26.3. The molecule has 130 valence electrons. The number of aliphatic hydroxyl groups excluding tert-OH is 1. The Kier molecular flexibility index (Phi) is 5.19. The number of rotatable bonds is 5. The zero-order valence-corrected chi connectivity index (χ0v) is 14.2. The van der Waals surface area contributed by atoms with Crippen LogP contribution in [0.5, 0.6) is 0 Å². The molecule has 2 aliphatic rings. The molecule has 1 saturated carbocycles. The van der Waals surface area contributed by atoms with Crippen LogP contribution < -0.4 is 5.32 Å². The number of aryl methyl sites for hydroxylation is 1. The number of benzene rings is 1. The van der Waals surface area contributed by atoms with E-state index in [0.29, 0.717) is 19.6 Å². The number of likely N-dealkylation sites (tertiary alicyclic amines) is 1. The minimum Gasteiger partial charge on any atom is -0.393 e. The van der Waals surface area contributed by atoms with Crippen LogP contribution >= 0.6 is 0 Å². The molecular formula is C19H26N2O3. The first-order chi connectivity index (χ1) is 11.5. The molecule has 1 aromatic carbocycles. The minimum absolute atomic E-state index is 0.0385. The lowest BCUT2D eigenvalue weighted by Gasteiger charge is -2.18. The Morgan fingerprint density at radius 3 is 2.71 bits per heavy atom. The molecule has 5 nitrogen and oxygen atoms in total. The van der Waals surface area contributed by atoms with E-state index in [1.165, 1.54) is 5.56 Å². The van der Waals surface area contributed by atoms with Gasteiger partial charge in [-0.05, 0) is 25.3 Å². The molecule has 1 heterocycles. The van der Waals surface area contributed by atoms with Crippen molar-refractivity contribution in [2.24, 2.45) is 11.8 Å². The Bertz CT molecular complexity index is 599. The van der Waals surface area contributed by atoms with Crippen LogP contribution in [0, 0.1) is 18.8 Å². The Labute approximate surface area is 143 Å². The van der Waals surface area contributed by atoms with Crippen molar-refractivity contribution in [2.45, 2.75) is 45.3 Å². The number of amides is 2. The molecule has 2 fully saturated rings. The Hall–Kier alpha value is -1.88. The second-order valence-corrected chi connectivity index (χ2v) is 7.16. The molecule has 2 N–H and O–H groups in total. The first kappa shape index (κ1) is 17.0. The van der Waals surface area contributed by atoms with Gasteiger partial charge in [0.15, 0.2) is 0 Å². The third-order valence-corrected chi connectivity index (χ3v) is 5.24. The third kappa shape index (κ3) is 3.96. The van der Waals surface area contributed by atoms with E-state index in [1.807, 2.05) is 31.2 Å². The maximum atomic E-state index is 12.3. The van der Waals surface area contributed by atoms with Gasteiger partial charge in [0, 0.05) is 32.0 Å². The monoisotopic (exact) mass is 330 g/mol. The van der Waals surface area contributed by atoms with Gasteiger partial charge in [0.05, 0.1) is 12.0 Å². The average Bonchev–Trinajstić information content (AvgIpc) is 3.13. The van der Waals surface area contributed by atoms with Gasteiger partial charge in [0.2, 0.25) is 11.8 Å². The van der Waals surface area contributed by atoms with E-state index in [2.05, 4.69) is 5.32 Å².